The topological polar surface area (TPSA) is 45.2 Å². The number of piperidine rings is 1. The van der Waals surface area contributed by atoms with Crippen LogP contribution in [0.1, 0.15) is 28.8 Å². The molecule has 2 saturated heterocycles. The third-order valence-corrected chi connectivity index (χ3v) is 4.14. The minimum absolute atomic E-state index is 0.158. The Kier molecular flexibility index (Phi) is 3.04. The number of nitrogens with zero attached hydrogens (tertiary/aromatic N) is 2. The highest BCUT2D eigenvalue weighted by atomic mass is 16.2. The molecule has 2 atom stereocenters. The number of fused-ring (bicyclic) bond motifs is 1. The lowest BCUT2D eigenvalue weighted by atomic mass is 9.94. The van der Waals surface area contributed by atoms with Gasteiger partial charge in [0, 0.05) is 37.1 Å². The quantitative estimate of drug-likeness (QED) is 0.809. The molecule has 3 rings (SSSR count). The summed E-state index contributed by atoms with van der Waals surface area (Å²) >= 11 is 0. The van der Waals surface area contributed by atoms with Gasteiger partial charge in [0.25, 0.3) is 5.91 Å². The number of carbonyl (C=O) groups is 1. The molecule has 0 bridgehead atoms. The Labute approximate surface area is 107 Å². The fourth-order valence-corrected chi connectivity index (χ4v) is 3.10. The van der Waals surface area contributed by atoms with Crippen LogP contribution in [-0.2, 0) is 0 Å². The fraction of sp³-hybridized carbons (Fsp3) is 0.571. The summed E-state index contributed by atoms with van der Waals surface area (Å²) in [5.41, 5.74) is 1.76. The second-order valence-corrected chi connectivity index (χ2v) is 5.36. The molecule has 2 fully saturated rings. The number of amides is 1. The van der Waals surface area contributed by atoms with E-state index in [0.29, 0.717) is 12.0 Å². The van der Waals surface area contributed by atoms with E-state index >= 15 is 0 Å². The van der Waals surface area contributed by atoms with Crippen LogP contribution in [0.15, 0.2) is 18.5 Å². The molecule has 18 heavy (non-hydrogen) atoms. The van der Waals surface area contributed by atoms with Crippen molar-refractivity contribution in [2.45, 2.75) is 25.8 Å². The summed E-state index contributed by atoms with van der Waals surface area (Å²) in [5.74, 6) is 0.802. The first kappa shape index (κ1) is 11.7. The fourth-order valence-electron chi connectivity index (χ4n) is 3.10. The monoisotopic (exact) mass is 245 g/mol. The molecule has 2 aliphatic heterocycles. The molecule has 0 aromatic carbocycles. The molecule has 3 heterocycles. The Balaban J connectivity index is 1.76. The van der Waals surface area contributed by atoms with Crippen LogP contribution in [0.25, 0.3) is 0 Å². The molecule has 2 aliphatic rings. The predicted molar refractivity (Wildman–Crippen MR) is 69.4 cm³/mol. The largest absolute Gasteiger partial charge is 0.337 e. The number of rotatable bonds is 1. The summed E-state index contributed by atoms with van der Waals surface area (Å²) in [6.07, 6.45) is 5.93. The molecule has 1 N–H and O–H groups in total. The lowest BCUT2D eigenvalue weighted by molar-refractivity contribution is 0.0785. The van der Waals surface area contributed by atoms with Gasteiger partial charge >= 0.3 is 0 Å². The molecule has 1 aromatic rings. The average Bonchev–Trinajstić information content (AvgIpc) is 2.82. The lowest BCUT2D eigenvalue weighted by Crippen LogP contribution is -2.41. The summed E-state index contributed by atoms with van der Waals surface area (Å²) in [6, 6.07) is 2.33. The maximum atomic E-state index is 12.5. The normalized spacial score (nSPS) is 27.1. The van der Waals surface area contributed by atoms with E-state index < -0.39 is 0 Å². The Morgan fingerprint density at radius 3 is 3.17 bits per heavy atom. The molecule has 4 heteroatoms. The molecular weight excluding hydrogens is 226 g/mol. The number of aryl methyl sites for hydroxylation is 1. The van der Waals surface area contributed by atoms with Crippen LogP contribution in [0.3, 0.4) is 0 Å². The molecule has 2 unspecified atom stereocenters. The molecule has 1 aromatic heterocycles. The third-order valence-electron chi connectivity index (χ3n) is 4.14. The van der Waals surface area contributed by atoms with Gasteiger partial charge in [-0.2, -0.15) is 0 Å². The molecule has 1 amide bonds. The number of hydrogen-bond acceptors (Lipinski definition) is 3. The van der Waals surface area contributed by atoms with Crippen LogP contribution in [0.4, 0.5) is 0 Å². The first-order valence-electron chi connectivity index (χ1n) is 6.69. The van der Waals surface area contributed by atoms with E-state index in [9.17, 15) is 4.79 Å². The van der Waals surface area contributed by atoms with Crippen molar-refractivity contribution in [1.29, 1.82) is 0 Å². The maximum absolute atomic E-state index is 12.5. The summed E-state index contributed by atoms with van der Waals surface area (Å²) in [6.45, 7) is 4.79. The van der Waals surface area contributed by atoms with Crippen LogP contribution in [0.5, 0.6) is 0 Å². The Morgan fingerprint density at radius 1 is 1.50 bits per heavy atom. The number of pyridine rings is 1. The predicted octanol–water partition coefficient (Wildman–Crippen LogP) is 1.21. The van der Waals surface area contributed by atoms with Crippen molar-refractivity contribution in [2.75, 3.05) is 19.6 Å². The summed E-state index contributed by atoms with van der Waals surface area (Å²) < 4.78 is 0. The zero-order valence-corrected chi connectivity index (χ0v) is 10.7. The maximum Gasteiger partial charge on any atom is 0.254 e. The molecule has 0 spiro atoms. The van der Waals surface area contributed by atoms with Crippen molar-refractivity contribution in [1.82, 2.24) is 15.2 Å². The van der Waals surface area contributed by atoms with E-state index in [4.69, 9.17) is 0 Å². The van der Waals surface area contributed by atoms with E-state index in [1.807, 2.05) is 17.9 Å². The van der Waals surface area contributed by atoms with Gasteiger partial charge in [-0.05, 0) is 43.9 Å². The summed E-state index contributed by atoms with van der Waals surface area (Å²) in [7, 11) is 0. The molecule has 96 valence electrons. The van der Waals surface area contributed by atoms with Crippen molar-refractivity contribution in [3.05, 3.63) is 29.6 Å². The van der Waals surface area contributed by atoms with E-state index in [0.717, 1.165) is 30.8 Å². The Morgan fingerprint density at radius 2 is 2.39 bits per heavy atom. The molecular formula is C14H19N3O. The van der Waals surface area contributed by atoms with Gasteiger partial charge < -0.3 is 10.2 Å². The molecule has 0 saturated carbocycles. The van der Waals surface area contributed by atoms with Gasteiger partial charge in [0.1, 0.15) is 0 Å². The number of hydrogen-bond donors (Lipinski definition) is 1. The SMILES string of the molecule is Cc1cnccc1C(=O)N1CC2CCCNC2C1. The first-order valence-corrected chi connectivity index (χ1v) is 6.69. The van der Waals surface area contributed by atoms with Crippen LogP contribution in [0, 0.1) is 12.8 Å². The number of carbonyl (C=O) groups excluding carboxylic acids is 1. The van der Waals surface area contributed by atoms with Crippen LogP contribution in [0.2, 0.25) is 0 Å². The van der Waals surface area contributed by atoms with Crippen molar-refractivity contribution in [2.24, 2.45) is 5.92 Å². The van der Waals surface area contributed by atoms with Gasteiger partial charge in [-0.15, -0.1) is 0 Å². The Bertz CT molecular complexity index is 446. The average molecular weight is 245 g/mol. The Hall–Kier alpha value is -1.42. The third kappa shape index (κ3) is 2.01. The van der Waals surface area contributed by atoms with Gasteiger partial charge in [-0.1, -0.05) is 0 Å². The zero-order chi connectivity index (χ0) is 12.5. The van der Waals surface area contributed by atoms with Crippen LogP contribution >= 0.6 is 0 Å². The molecule has 0 aliphatic carbocycles. The van der Waals surface area contributed by atoms with Crippen molar-refractivity contribution < 1.29 is 4.79 Å². The first-order chi connectivity index (χ1) is 8.75. The highest BCUT2D eigenvalue weighted by molar-refractivity contribution is 5.95. The standard InChI is InChI=1S/C14H19N3O/c1-10-7-15-6-4-12(10)14(18)17-8-11-3-2-5-16-13(11)9-17/h4,6-7,11,13,16H,2-3,5,8-9H2,1H3. The summed E-state index contributed by atoms with van der Waals surface area (Å²) in [5, 5.41) is 3.53. The van der Waals surface area contributed by atoms with Gasteiger partial charge in [0.05, 0.1) is 0 Å². The van der Waals surface area contributed by atoms with Gasteiger partial charge in [-0.3, -0.25) is 9.78 Å². The highest BCUT2D eigenvalue weighted by Gasteiger charge is 2.36. The van der Waals surface area contributed by atoms with E-state index in [1.165, 1.54) is 12.8 Å². The van der Waals surface area contributed by atoms with Gasteiger partial charge in [0.15, 0.2) is 0 Å². The number of nitrogens with one attached hydrogen (secondary N) is 1. The molecule has 4 nitrogen and oxygen atoms in total. The molecule has 0 radical (unpaired) electrons. The number of aromatic nitrogens is 1. The van der Waals surface area contributed by atoms with Gasteiger partial charge in [0.2, 0.25) is 0 Å². The number of likely N-dealkylation sites (tertiary alicyclic amines) is 1. The van der Waals surface area contributed by atoms with Crippen LogP contribution in [-0.4, -0.2) is 41.5 Å². The van der Waals surface area contributed by atoms with Crippen molar-refractivity contribution in [3.63, 3.8) is 0 Å². The van der Waals surface area contributed by atoms with Gasteiger partial charge in [-0.25, -0.2) is 0 Å². The van der Waals surface area contributed by atoms with Crippen molar-refractivity contribution in [3.8, 4) is 0 Å². The van der Waals surface area contributed by atoms with E-state index in [2.05, 4.69) is 10.3 Å². The second kappa shape index (κ2) is 4.69. The van der Waals surface area contributed by atoms with Crippen LogP contribution < -0.4 is 5.32 Å². The lowest BCUT2D eigenvalue weighted by Gasteiger charge is -2.24. The minimum Gasteiger partial charge on any atom is -0.337 e. The summed E-state index contributed by atoms with van der Waals surface area (Å²) in [4.78, 5) is 18.5. The smallest absolute Gasteiger partial charge is 0.254 e. The highest BCUT2D eigenvalue weighted by Crippen LogP contribution is 2.26. The van der Waals surface area contributed by atoms with Crippen molar-refractivity contribution >= 4 is 5.91 Å². The van der Waals surface area contributed by atoms with E-state index in [-0.39, 0.29) is 5.91 Å². The second-order valence-electron chi connectivity index (χ2n) is 5.36. The minimum atomic E-state index is 0.158. The zero-order valence-electron chi connectivity index (χ0n) is 10.7. The van der Waals surface area contributed by atoms with E-state index in [1.54, 1.807) is 12.4 Å².